The minimum atomic E-state index is -0.0416. The molecule has 1 N–H and O–H groups in total. The van der Waals surface area contributed by atoms with Crippen LogP contribution in [0.3, 0.4) is 0 Å². The van der Waals surface area contributed by atoms with Crippen LogP contribution in [0, 0.1) is 0 Å². The Kier molecular flexibility index (Phi) is 3.90. The maximum Gasteiger partial charge on any atom is 0.261 e. The average molecular weight is 300 g/mol. The highest BCUT2D eigenvalue weighted by atomic mass is 32.1. The maximum absolute atomic E-state index is 12.0. The van der Waals surface area contributed by atoms with E-state index in [-0.39, 0.29) is 5.91 Å². The summed E-state index contributed by atoms with van der Waals surface area (Å²) in [4.78, 5) is 17.1. The van der Waals surface area contributed by atoms with Gasteiger partial charge < -0.3 is 5.32 Å². The molecule has 5 heteroatoms. The van der Waals surface area contributed by atoms with Crippen molar-refractivity contribution in [1.82, 2.24) is 10.3 Å². The van der Waals surface area contributed by atoms with Crippen LogP contribution in [-0.4, -0.2) is 10.9 Å². The molecule has 3 aromatic heterocycles. The molecule has 3 nitrogen and oxygen atoms in total. The van der Waals surface area contributed by atoms with Crippen LogP contribution in [0.1, 0.15) is 15.2 Å². The average Bonchev–Trinajstić information content (AvgIpc) is 3.17. The summed E-state index contributed by atoms with van der Waals surface area (Å²) < 4.78 is 0. The molecule has 0 saturated heterocycles. The second-order valence-electron chi connectivity index (χ2n) is 4.18. The van der Waals surface area contributed by atoms with Gasteiger partial charge in [-0.25, -0.2) is 0 Å². The fourth-order valence-corrected chi connectivity index (χ4v) is 3.19. The number of hydrogen-bond acceptors (Lipinski definition) is 4. The van der Waals surface area contributed by atoms with E-state index in [9.17, 15) is 4.79 Å². The maximum atomic E-state index is 12.0. The SMILES string of the molecule is O=C(NCc1cccnc1-c1ccsc1)c1cccs1. The normalized spacial score (nSPS) is 10.4. The summed E-state index contributed by atoms with van der Waals surface area (Å²) in [7, 11) is 0. The molecule has 0 fully saturated rings. The zero-order chi connectivity index (χ0) is 13.8. The van der Waals surface area contributed by atoms with Crippen LogP contribution in [0.25, 0.3) is 11.3 Å². The summed E-state index contributed by atoms with van der Waals surface area (Å²) in [6.07, 6.45) is 1.78. The molecule has 3 heterocycles. The van der Waals surface area contributed by atoms with Crippen LogP contribution >= 0.6 is 22.7 Å². The molecule has 0 unspecified atom stereocenters. The van der Waals surface area contributed by atoms with Crippen molar-refractivity contribution in [3.8, 4) is 11.3 Å². The molecule has 100 valence electrons. The number of pyridine rings is 1. The van der Waals surface area contributed by atoms with Gasteiger partial charge >= 0.3 is 0 Å². The third kappa shape index (κ3) is 2.79. The van der Waals surface area contributed by atoms with E-state index in [4.69, 9.17) is 0 Å². The van der Waals surface area contributed by atoms with Gasteiger partial charge in [-0.05, 0) is 34.5 Å². The van der Waals surface area contributed by atoms with E-state index in [1.807, 2.05) is 41.1 Å². The highest BCUT2D eigenvalue weighted by molar-refractivity contribution is 7.12. The molecule has 0 radical (unpaired) electrons. The largest absolute Gasteiger partial charge is 0.347 e. The third-order valence-corrected chi connectivity index (χ3v) is 4.42. The molecule has 1 amide bonds. The zero-order valence-corrected chi connectivity index (χ0v) is 12.2. The number of thiophene rings is 2. The number of amides is 1. The van der Waals surface area contributed by atoms with E-state index in [1.165, 1.54) is 11.3 Å². The van der Waals surface area contributed by atoms with Crippen LogP contribution in [0.15, 0.2) is 52.7 Å². The van der Waals surface area contributed by atoms with Gasteiger partial charge in [-0.2, -0.15) is 11.3 Å². The van der Waals surface area contributed by atoms with E-state index >= 15 is 0 Å². The predicted molar refractivity (Wildman–Crippen MR) is 83.0 cm³/mol. The first-order valence-electron chi connectivity index (χ1n) is 6.13. The van der Waals surface area contributed by atoms with Gasteiger partial charge in [0.05, 0.1) is 10.6 Å². The van der Waals surface area contributed by atoms with Crippen molar-refractivity contribution >= 4 is 28.6 Å². The Morgan fingerprint density at radius 1 is 1.20 bits per heavy atom. The van der Waals surface area contributed by atoms with Gasteiger partial charge in [-0.15, -0.1) is 11.3 Å². The second kappa shape index (κ2) is 5.98. The Bertz CT molecular complexity index is 691. The summed E-state index contributed by atoms with van der Waals surface area (Å²) in [5.74, 6) is -0.0416. The van der Waals surface area contributed by atoms with Crippen LogP contribution in [-0.2, 0) is 6.54 Å². The molecule has 3 aromatic rings. The highest BCUT2D eigenvalue weighted by Gasteiger charge is 2.10. The van der Waals surface area contributed by atoms with Gasteiger partial charge in [-0.1, -0.05) is 12.1 Å². The Labute approximate surface area is 124 Å². The molecule has 0 aromatic carbocycles. The third-order valence-electron chi connectivity index (χ3n) is 2.87. The molecule has 20 heavy (non-hydrogen) atoms. The number of carbonyl (C=O) groups excluding carboxylic acids is 1. The Morgan fingerprint density at radius 3 is 2.90 bits per heavy atom. The van der Waals surface area contributed by atoms with Crippen LogP contribution in [0.2, 0.25) is 0 Å². The second-order valence-corrected chi connectivity index (χ2v) is 5.91. The van der Waals surface area contributed by atoms with Crippen LogP contribution < -0.4 is 5.32 Å². The molecule has 0 saturated carbocycles. The molecule has 0 aliphatic carbocycles. The lowest BCUT2D eigenvalue weighted by atomic mass is 10.1. The molecule has 3 rings (SSSR count). The van der Waals surface area contributed by atoms with E-state index in [0.717, 1.165) is 21.7 Å². The molecule has 0 atom stereocenters. The standard InChI is InChI=1S/C15H12N2OS2/c18-15(13-4-2-7-20-13)17-9-11-3-1-6-16-14(11)12-5-8-19-10-12/h1-8,10H,9H2,(H,17,18). The van der Waals surface area contributed by atoms with E-state index in [2.05, 4.69) is 15.7 Å². The predicted octanol–water partition coefficient (Wildman–Crippen LogP) is 3.80. The minimum absolute atomic E-state index is 0.0416. The Balaban J connectivity index is 1.77. The van der Waals surface area contributed by atoms with Crippen molar-refractivity contribution in [3.05, 3.63) is 63.1 Å². The van der Waals surface area contributed by atoms with Gasteiger partial charge in [0.15, 0.2) is 0 Å². The first kappa shape index (κ1) is 13.0. The first-order chi connectivity index (χ1) is 9.84. The molecular weight excluding hydrogens is 288 g/mol. The zero-order valence-electron chi connectivity index (χ0n) is 10.6. The number of aromatic nitrogens is 1. The quantitative estimate of drug-likeness (QED) is 0.796. The number of hydrogen-bond donors (Lipinski definition) is 1. The summed E-state index contributed by atoms with van der Waals surface area (Å²) >= 11 is 3.08. The fourth-order valence-electron chi connectivity index (χ4n) is 1.91. The lowest BCUT2D eigenvalue weighted by Gasteiger charge is -2.08. The number of rotatable bonds is 4. The van der Waals surface area contributed by atoms with Gasteiger partial charge in [0.2, 0.25) is 0 Å². The minimum Gasteiger partial charge on any atom is -0.347 e. The lowest BCUT2D eigenvalue weighted by Crippen LogP contribution is -2.22. The number of nitrogens with zero attached hydrogens (tertiary/aromatic N) is 1. The number of nitrogens with one attached hydrogen (secondary N) is 1. The fraction of sp³-hybridized carbons (Fsp3) is 0.0667. The van der Waals surface area contributed by atoms with Crippen molar-refractivity contribution < 1.29 is 4.79 Å². The van der Waals surface area contributed by atoms with Gasteiger partial charge in [0, 0.05) is 23.7 Å². The van der Waals surface area contributed by atoms with Crippen molar-refractivity contribution in [2.24, 2.45) is 0 Å². The van der Waals surface area contributed by atoms with E-state index in [1.54, 1.807) is 17.5 Å². The van der Waals surface area contributed by atoms with E-state index in [0.29, 0.717) is 6.54 Å². The molecule has 0 aliphatic rings. The van der Waals surface area contributed by atoms with Crippen molar-refractivity contribution in [3.63, 3.8) is 0 Å². The van der Waals surface area contributed by atoms with Crippen LogP contribution in [0.4, 0.5) is 0 Å². The smallest absolute Gasteiger partial charge is 0.261 e. The summed E-state index contributed by atoms with van der Waals surface area (Å²) in [5.41, 5.74) is 3.05. The lowest BCUT2D eigenvalue weighted by molar-refractivity contribution is 0.0955. The highest BCUT2D eigenvalue weighted by Crippen LogP contribution is 2.23. The topological polar surface area (TPSA) is 42.0 Å². The van der Waals surface area contributed by atoms with Crippen LogP contribution in [0.5, 0.6) is 0 Å². The Morgan fingerprint density at radius 2 is 2.15 bits per heavy atom. The Hall–Kier alpha value is -1.98. The van der Waals surface area contributed by atoms with Crippen molar-refractivity contribution in [2.75, 3.05) is 0 Å². The van der Waals surface area contributed by atoms with Crippen molar-refractivity contribution in [2.45, 2.75) is 6.54 Å². The first-order valence-corrected chi connectivity index (χ1v) is 7.95. The van der Waals surface area contributed by atoms with Gasteiger partial charge in [-0.3, -0.25) is 9.78 Å². The molecule has 0 aliphatic heterocycles. The summed E-state index contributed by atoms with van der Waals surface area (Å²) in [6, 6.07) is 9.62. The van der Waals surface area contributed by atoms with Gasteiger partial charge in [0.1, 0.15) is 0 Å². The van der Waals surface area contributed by atoms with E-state index < -0.39 is 0 Å². The molecule has 0 spiro atoms. The van der Waals surface area contributed by atoms with Crippen molar-refractivity contribution in [1.29, 1.82) is 0 Å². The van der Waals surface area contributed by atoms with Gasteiger partial charge in [0.25, 0.3) is 5.91 Å². The number of carbonyl (C=O) groups is 1. The monoisotopic (exact) mass is 300 g/mol. The molecular formula is C15H12N2OS2. The molecule has 0 bridgehead atoms. The summed E-state index contributed by atoms with van der Waals surface area (Å²) in [6.45, 7) is 0.482. The summed E-state index contributed by atoms with van der Waals surface area (Å²) in [5, 5.41) is 8.93.